The average Bonchev–Trinajstić information content (AvgIpc) is 3.15. The number of rotatable bonds is 3. The molecular formula is C14H17N3O2. The molecule has 3 rings (SSSR count). The maximum atomic E-state index is 12.2. The molecule has 2 fully saturated rings. The van der Waals surface area contributed by atoms with Gasteiger partial charge < -0.3 is 10.2 Å². The van der Waals surface area contributed by atoms with Crippen molar-refractivity contribution in [2.45, 2.75) is 32.2 Å². The van der Waals surface area contributed by atoms with E-state index in [4.69, 9.17) is 0 Å². The van der Waals surface area contributed by atoms with Gasteiger partial charge in [-0.2, -0.15) is 0 Å². The zero-order valence-electron chi connectivity index (χ0n) is 10.9. The fraction of sp³-hybridized carbons (Fsp3) is 0.500. The minimum absolute atomic E-state index is 0.0988. The highest BCUT2D eigenvalue weighted by Gasteiger charge is 2.41. The number of hydrogen-bond acceptors (Lipinski definition) is 3. The Balaban J connectivity index is 1.65. The van der Waals surface area contributed by atoms with E-state index in [9.17, 15) is 9.59 Å². The van der Waals surface area contributed by atoms with Gasteiger partial charge in [0.15, 0.2) is 0 Å². The molecular weight excluding hydrogens is 242 g/mol. The quantitative estimate of drug-likeness (QED) is 0.891. The van der Waals surface area contributed by atoms with E-state index in [1.54, 1.807) is 6.20 Å². The summed E-state index contributed by atoms with van der Waals surface area (Å²) in [6.07, 6.45) is 4.14. The van der Waals surface area contributed by atoms with E-state index in [1.807, 2.05) is 24.0 Å². The molecule has 1 aliphatic carbocycles. The number of carbonyl (C=O) groups is 2. The van der Waals surface area contributed by atoms with Crippen LogP contribution in [0.4, 0.5) is 5.82 Å². The standard InChI is InChI=1S/C14H17N3O2/c1-9-3-2-6-15-13(9)16-14(19)10-7-12(18)17(8-10)11-4-5-11/h2-3,6,10-11H,4-5,7-8H2,1H3,(H,15,16,19)/t10-/m0/s1. The van der Waals surface area contributed by atoms with E-state index in [-0.39, 0.29) is 17.7 Å². The predicted octanol–water partition coefficient (Wildman–Crippen LogP) is 1.34. The van der Waals surface area contributed by atoms with E-state index >= 15 is 0 Å². The zero-order valence-corrected chi connectivity index (χ0v) is 10.9. The van der Waals surface area contributed by atoms with Gasteiger partial charge in [-0.15, -0.1) is 0 Å². The SMILES string of the molecule is Cc1cccnc1NC(=O)[C@H]1CC(=O)N(C2CC2)C1. The summed E-state index contributed by atoms with van der Waals surface area (Å²) in [7, 11) is 0. The van der Waals surface area contributed by atoms with Gasteiger partial charge in [-0.3, -0.25) is 9.59 Å². The average molecular weight is 259 g/mol. The molecule has 100 valence electrons. The van der Waals surface area contributed by atoms with Crippen LogP contribution in [0.3, 0.4) is 0 Å². The topological polar surface area (TPSA) is 62.3 Å². The number of nitrogens with one attached hydrogen (secondary N) is 1. The normalized spacial score (nSPS) is 22.7. The van der Waals surface area contributed by atoms with Crippen molar-refractivity contribution in [3.8, 4) is 0 Å². The van der Waals surface area contributed by atoms with Crippen LogP contribution in [0.15, 0.2) is 18.3 Å². The Labute approximate surface area is 112 Å². The lowest BCUT2D eigenvalue weighted by Crippen LogP contribution is -2.30. The molecule has 1 aromatic rings. The Bertz CT molecular complexity index is 525. The fourth-order valence-corrected chi connectivity index (χ4v) is 2.48. The first kappa shape index (κ1) is 12.1. The zero-order chi connectivity index (χ0) is 13.4. The van der Waals surface area contributed by atoms with Crippen LogP contribution in [0.1, 0.15) is 24.8 Å². The number of aromatic nitrogens is 1. The van der Waals surface area contributed by atoms with Crippen LogP contribution >= 0.6 is 0 Å². The second kappa shape index (κ2) is 4.64. The maximum absolute atomic E-state index is 12.2. The molecule has 1 atom stereocenters. The maximum Gasteiger partial charge on any atom is 0.230 e. The summed E-state index contributed by atoms with van der Waals surface area (Å²) in [5, 5.41) is 2.82. The van der Waals surface area contributed by atoms with Crippen LogP contribution in [0, 0.1) is 12.8 Å². The smallest absolute Gasteiger partial charge is 0.230 e. The van der Waals surface area contributed by atoms with Gasteiger partial charge in [0.1, 0.15) is 5.82 Å². The molecule has 1 saturated heterocycles. The van der Waals surface area contributed by atoms with Gasteiger partial charge in [0.05, 0.1) is 5.92 Å². The van der Waals surface area contributed by atoms with Gasteiger partial charge in [0.25, 0.3) is 0 Å². The van der Waals surface area contributed by atoms with Crippen molar-refractivity contribution in [3.05, 3.63) is 23.9 Å². The molecule has 2 heterocycles. The van der Waals surface area contributed by atoms with Gasteiger partial charge in [0.2, 0.25) is 11.8 Å². The van der Waals surface area contributed by atoms with Crippen molar-refractivity contribution >= 4 is 17.6 Å². The predicted molar refractivity (Wildman–Crippen MR) is 70.4 cm³/mol. The lowest BCUT2D eigenvalue weighted by Gasteiger charge is -2.15. The van der Waals surface area contributed by atoms with Crippen LogP contribution in [-0.2, 0) is 9.59 Å². The Hall–Kier alpha value is -1.91. The monoisotopic (exact) mass is 259 g/mol. The summed E-state index contributed by atoms with van der Waals surface area (Å²) in [6, 6.07) is 4.12. The van der Waals surface area contributed by atoms with E-state index in [0.29, 0.717) is 24.8 Å². The first-order chi connectivity index (χ1) is 9.15. The summed E-state index contributed by atoms with van der Waals surface area (Å²) < 4.78 is 0. The van der Waals surface area contributed by atoms with E-state index in [0.717, 1.165) is 18.4 Å². The molecule has 1 aromatic heterocycles. The number of hydrogen-bond donors (Lipinski definition) is 1. The Morgan fingerprint density at radius 1 is 1.47 bits per heavy atom. The van der Waals surface area contributed by atoms with Crippen LogP contribution in [0.25, 0.3) is 0 Å². The van der Waals surface area contributed by atoms with E-state index in [1.165, 1.54) is 0 Å². The summed E-state index contributed by atoms with van der Waals surface area (Å²) in [5.74, 6) is 0.359. The van der Waals surface area contributed by atoms with Crippen molar-refractivity contribution in [2.24, 2.45) is 5.92 Å². The molecule has 5 nitrogen and oxygen atoms in total. The number of carbonyl (C=O) groups excluding carboxylic acids is 2. The third-order valence-corrected chi connectivity index (χ3v) is 3.77. The summed E-state index contributed by atoms with van der Waals surface area (Å²) in [4.78, 5) is 30.0. The van der Waals surface area contributed by atoms with Crippen molar-refractivity contribution in [2.75, 3.05) is 11.9 Å². The third kappa shape index (κ3) is 2.45. The Kier molecular flexibility index (Phi) is 2.97. The summed E-state index contributed by atoms with van der Waals surface area (Å²) in [6.45, 7) is 2.46. The molecule has 0 bridgehead atoms. The van der Waals surface area contributed by atoms with Crippen molar-refractivity contribution in [1.82, 2.24) is 9.88 Å². The molecule has 1 saturated carbocycles. The van der Waals surface area contributed by atoms with Gasteiger partial charge in [-0.25, -0.2) is 4.98 Å². The number of amides is 2. The first-order valence-corrected chi connectivity index (χ1v) is 6.67. The van der Waals surface area contributed by atoms with E-state index in [2.05, 4.69) is 10.3 Å². The minimum Gasteiger partial charge on any atom is -0.339 e. The lowest BCUT2D eigenvalue weighted by molar-refractivity contribution is -0.128. The number of aryl methyl sites for hydroxylation is 1. The van der Waals surface area contributed by atoms with Gasteiger partial charge in [-0.05, 0) is 31.4 Å². The van der Waals surface area contributed by atoms with Crippen LogP contribution < -0.4 is 5.32 Å². The summed E-state index contributed by atoms with van der Waals surface area (Å²) in [5.41, 5.74) is 0.930. The minimum atomic E-state index is -0.241. The molecule has 1 aliphatic heterocycles. The van der Waals surface area contributed by atoms with Crippen LogP contribution in [-0.4, -0.2) is 34.3 Å². The van der Waals surface area contributed by atoms with Crippen LogP contribution in [0.5, 0.6) is 0 Å². The van der Waals surface area contributed by atoms with Crippen molar-refractivity contribution in [3.63, 3.8) is 0 Å². The van der Waals surface area contributed by atoms with Crippen molar-refractivity contribution < 1.29 is 9.59 Å². The highest BCUT2D eigenvalue weighted by Crippen LogP contribution is 2.32. The highest BCUT2D eigenvalue weighted by atomic mass is 16.2. The molecule has 0 radical (unpaired) electrons. The molecule has 0 spiro atoms. The van der Waals surface area contributed by atoms with Gasteiger partial charge in [-0.1, -0.05) is 6.07 Å². The van der Waals surface area contributed by atoms with Crippen LogP contribution in [0.2, 0.25) is 0 Å². The van der Waals surface area contributed by atoms with Crippen molar-refractivity contribution in [1.29, 1.82) is 0 Å². The second-order valence-corrected chi connectivity index (χ2v) is 5.34. The third-order valence-electron chi connectivity index (χ3n) is 3.77. The fourth-order valence-electron chi connectivity index (χ4n) is 2.48. The molecule has 2 aliphatic rings. The Morgan fingerprint density at radius 2 is 2.26 bits per heavy atom. The first-order valence-electron chi connectivity index (χ1n) is 6.67. The molecule has 19 heavy (non-hydrogen) atoms. The number of pyridine rings is 1. The second-order valence-electron chi connectivity index (χ2n) is 5.34. The molecule has 1 N–H and O–H groups in total. The number of nitrogens with zero attached hydrogens (tertiary/aromatic N) is 2. The molecule has 5 heteroatoms. The van der Waals surface area contributed by atoms with Gasteiger partial charge >= 0.3 is 0 Å². The van der Waals surface area contributed by atoms with E-state index < -0.39 is 0 Å². The number of likely N-dealkylation sites (tertiary alicyclic amines) is 1. The number of anilines is 1. The largest absolute Gasteiger partial charge is 0.339 e. The molecule has 2 amide bonds. The summed E-state index contributed by atoms with van der Waals surface area (Å²) >= 11 is 0. The molecule has 0 unspecified atom stereocenters. The lowest BCUT2D eigenvalue weighted by atomic mass is 10.1. The van der Waals surface area contributed by atoms with Gasteiger partial charge in [0, 0.05) is 25.2 Å². The highest BCUT2D eigenvalue weighted by molar-refractivity contribution is 5.97. The Morgan fingerprint density at radius 3 is 2.95 bits per heavy atom. The molecule has 0 aromatic carbocycles.